The second-order valence-electron chi connectivity index (χ2n) is 6.49. The third kappa shape index (κ3) is 5.15. The van der Waals surface area contributed by atoms with Gasteiger partial charge in [0, 0.05) is 21.8 Å². The van der Waals surface area contributed by atoms with Gasteiger partial charge in [-0.2, -0.15) is 0 Å². The summed E-state index contributed by atoms with van der Waals surface area (Å²) in [6.07, 6.45) is 0. The first kappa shape index (κ1) is 20.4. The Morgan fingerprint density at radius 1 is 0.966 bits per heavy atom. The van der Waals surface area contributed by atoms with Crippen LogP contribution in [0.3, 0.4) is 0 Å². The van der Waals surface area contributed by atoms with E-state index in [2.05, 4.69) is 10.6 Å². The lowest BCUT2D eigenvalue weighted by Crippen LogP contribution is -2.23. The monoisotopic (exact) mass is 408 g/mol. The van der Waals surface area contributed by atoms with Crippen LogP contribution in [0.1, 0.15) is 21.5 Å². The van der Waals surface area contributed by atoms with Gasteiger partial charge in [-0.15, -0.1) is 0 Å². The van der Waals surface area contributed by atoms with Crippen molar-refractivity contribution in [3.05, 3.63) is 88.4 Å². The Labute approximate surface area is 174 Å². The quantitative estimate of drug-likeness (QED) is 0.543. The van der Waals surface area contributed by atoms with Gasteiger partial charge in [-0.3, -0.25) is 9.59 Å². The lowest BCUT2D eigenvalue weighted by molar-refractivity contribution is -0.114. The standard InChI is InChI=1S/C23H21ClN2O3/c1-15-8-11-21(29-2)20(12-15)26-22(27)14-25-19-10-9-17(24)13-18(19)23(28)16-6-4-3-5-7-16/h3-13,25H,14H2,1-2H3,(H,26,27). The molecule has 0 fully saturated rings. The minimum Gasteiger partial charge on any atom is -0.495 e. The van der Waals surface area contributed by atoms with Crippen molar-refractivity contribution < 1.29 is 14.3 Å². The number of carbonyl (C=O) groups excluding carboxylic acids is 2. The van der Waals surface area contributed by atoms with Crippen LogP contribution in [0, 0.1) is 6.92 Å². The summed E-state index contributed by atoms with van der Waals surface area (Å²) >= 11 is 6.09. The van der Waals surface area contributed by atoms with Gasteiger partial charge in [-0.1, -0.05) is 48.0 Å². The van der Waals surface area contributed by atoms with Gasteiger partial charge >= 0.3 is 0 Å². The number of ketones is 1. The van der Waals surface area contributed by atoms with Crippen LogP contribution < -0.4 is 15.4 Å². The highest BCUT2D eigenvalue weighted by Gasteiger charge is 2.15. The molecular formula is C23H21ClN2O3. The van der Waals surface area contributed by atoms with Crippen LogP contribution in [-0.2, 0) is 4.79 Å². The van der Waals surface area contributed by atoms with E-state index in [1.807, 2.05) is 25.1 Å². The second kappa shape index (κ2) is 9.26. The second-order valence-corrected chi connectivity index (χ2v) is 6.93. The minimum absolute atomic E-state index is 0.0200. The first-order chi connectivity index (χ1) is 14.0. The molecule has 3 aromatic rings. The Hall–Kier alpha value is -3.31. The van der Waals surface area contributed by atoms with Crippen molar-refractivity contribution in [1.82, 2.24) is 0 Å². The van der Waals surface area contributed by atoms with Gasteiger partial charge in [-0.05, 0) is 42.8 Å². The van der Waals surface area contributed by atoms with E-state index in [1.54, 1.807) is 55.6 Å². The molecule has 0 radical (unpaired) electrons. The van der Waals surface area contributed by atoms with Crippen molar-refractivity contribution >= 4 is 34.7 Å². The first-order valence-corrected chi connectivity index (χ1v) is 9.43. The zero-order chi connectivity index (χ0) is 20.8. The summed E-state index contributed by atoms with van der Waals surface area (Å²) in [7, 11) is 1.55. The highest BCUT2D eigenvalue weighted by molar-refractivity contribution is 6.31. The van der Waals surface area contributed by atoms with Gasteiger partial charge in [0.15, 0.2) is 5.78 Å². The molecule has 0 saturated carbocycles. The van der Waals surface area contributed by atoms with Crippen LogP contribution in [0.5, 0.6) is 5.75 Å². The average molecular weight is 409 g/mol. The third-order valence-electron chi connectivity index (χ3n) is 4.33. The number of ether oxygens (including phenoxy) is 1. The van der Waals surface area contributed by atoms with Gasteiger partial charge in [0.2, 0.25) is 5.91 Å². The molecule has 5 nitrogen and oxygen atoms in total. The predicted molar refractivity (Wildman–Crippen MR) is 116 cm³/mol. The number of nitrogens with one attached hydrogen (secondary N) is 2. The van der Waals surface area contributed by atoms with Gasteiger partial charge in [0.1, 0.15) is 5.75 Å². The first-order valence-electron chi connectivity index (χ1n) is 9.05. The van der Waals surface area contributed by atoms with Gasteiger partial charge in [-0.25, -0.2) is 0 Å². The fourth-order valence-electron chi connectivity index (χ4n) is 2.89. The van der Waals surface area contributed by atoms with E-state index < -0.39 is 0 Å². The molecule has 0 unspecified atom stereocenters. The fraction of sp³-hybridized carbons (Fsp3) is 0.130. The Morgan fingerprint density at radius 3 is 2.45 bits per heavy atom. The lowest BCUT2D eigenvalue weighted by atomic mass is 10.0. The van der Waals surface area contributed by atoms with Crippen LogP contribution in [0.15, 0.2) is 66.7 Å². The van der Waals surface area contributed by atoms with Crippen molar-refractivity contribution in [3.63, 3.8) is 0 Å². The number of halogens is 1. The van der Waals surface area contributed by atoms with E-state index in [-0.39, 0.29) is 18.2 Å². The van der Waals surface area contributed by atoms with Crippen LogP contribution in [0.2, 0.25) is 5.02 Å². The zero-order valence-corrected chi connectivity index (χ0v) is 16.9. The number of carbonyl (C=O) groups is 2. The number of methoxy groups -OCH3 is 1. The summed E-state index contributed by atoms with van der Waals surface area (Å²) in [5.41, 5.74) is 3.09. The van der Waals surface area contributed by atoms with Crippen LogP contribution in [-0.4, -0.2) is 25.3 Å². The average Bonchev–Trinajstić information content (AvgIpc) is 2.73. The highest BCUT2D eigenvalue weighted by Crippen LogP contribution is 2.26. The number of aryl methyl sites for hydroxylation is 1. The van der Waals surface area contributed by atoms with E-state index in [1.165, 1.54) is 0 Å². The van der Waals surface area contributed by atoms with Gasteiger partial charge in [0.25, 0.3) is 0 Å². The maximum absolute atomic E-state index is 12.9. The summed E-state index contributed by atoms with van der Waals surface area (Å²) in [6.45, 7) is 1.91. The van der Waals surface area contributed by atoms with E-state index in [9.17, 15) is 9.59 Å². The molecule has 1 amide bonds. The smallest absolute Gasteiger partial charge is 0.243 e. The summed E-state index contributed by atoms with van der Waals surface area (Å²) in [5, 5.41) is 6.31. The van der Waals surface area contributed by atoms with Crippen molar-refractivity contribution in [1.29, 1.82) is 0 Å². The van der Waals surface area contributed by atoms with E-state index in [4.69, 9.17) is 16.3 Å². The summed E-state index contributed by atoms with van der Waals surface area (Å²) in [4.78, 5) is 25.3. The normalized spacial score (nSPS) is 10.3. The number of benzene rings is 3. The van der Waals surface area contributed by atoms with Gasteiger partial charge < -0.3 is 15.4 Å². The lowest BCUT2D eigenvalue weighted by Gasteiger charge is -2.14. The molecule has 6 heteroatoms. The number of hydrogen-bond acceptors (Lipinski definition) is 4. The van der Waals surface area contributed by atoms with Crippen LogP contribution in [0.25, 0.3) is 0 Å². The zero-order valence-electron chi connectivity index (χ0n) is 16.2. The number of rotatable bonds is 7. The van der Waals surface area contributed by atoms with E-state index in [0.29, 0.717) is 33.3 Å². The Morgan fingerprint density at radius 2 is 1.72 bits per heavy atom. The molecule has 0 aliphatic carbocycles. The largest absolute Gasteiger partial charge is 0.495 e. The summed E-state index contributed by atoms with van der Waals surface area (Å²) in [5.74, 6) is 0.147. The molecule has 0 atom stereocenters. The molecular weight excluding hydrogens is 388 g/mol. The molecule has 0 spiro atoms. The molecule has 0 aliphatic heterocycles. The molecule has 148 valence electrons. The fourth-order valence-corrected chi connectivity index (χ4v) is 3.07. The van der Waals surface area contributed by atoms with Crippen LogP contribution in [0.4, 0.5) is 11.4 Å². The molecule has 0 saturated heterocycles. The Balaban J connectivity index is 1.75. The van der Waals surface area contributed by atoms with Crippen LogP contribution >= 0.6 is 11.6 Å². The summed E-state index contributed by atoms with van der Waals surface area (Å²) in [6, 6.07) is 19.4. The van der Waals surface area contributed by atoms with Crippen molar-refractivity contribution in [2.24, 2.45) is 0 Å². The molecule has 3 aromatic carbocycles. The molecule has 0 bridgehead atoms. The maximum atomic E-state index is 12.9. The molecule has 0 heterocycles. The van der Waals surface area contributed by atoms with E-state index >= 15 is 0 Å². The third-order valence-corrected chi connectivity index (χ3v) is 4.57. The van der Waals surface area contributed by atoms with Crippen molar-refractivity contribution in [2.45, 2.75) is 6.92 Å². The minimum atomic E-state index is -0.262. The summed E-state index contributed by atoms with van der Waals surface area (Å²) < 4.78 is 5.28. The number of hydrogen-bond donors (Lipinski definition) is 2. The topological polar surface area (TPSA) is 67.4 Å². The molecule has 29 heavy (non-hydrogen) atoms. The molecule has 0 aromatic heterocycles. The molecule has 3 rings (SSSR count). The molecule has 0 aliphatic rings. The number of anilines is 2. The predicted octanol–water partition coefficient (Wildman–Crippen LogP) is 4.94. The van der Waals surface area contributed by atoms with Crippen molar-refractivity contribution in [2.75, 3.05) is 24.3 Å². The number of amides is 1. The highest BCUT2D eigenvalue weighted by atomic mass is 35.5. The SMILES string of the molecule is COc1ccc(C)cc1NC(=O)CNc1ccc(Cl)cc1C(=O)c1ccccc1. The van der Waals surface area contributed by atoms with E-state index in [0.717, 1.165) is 5.56 Å². The van der Waals surface area contributed by atoms with Crippen molar-refractivity contribution in [3.8, 4) is 5.75 Å². The molecule has 2 N–H and O–H groups in total. The van der Waals surface area contributed by atoms with Gasteiger partial charge in [0.05, 0.1) is 19.3 Å². The Kier molecular flexibility index (Phi) is 6.52. The Bertz CT molecular complexity index is 1040. The maximum Gasteiger partial charge on any atom is 0.243 e.